The average molecular weight is 448 g/mol. The fourth-order valence-corrected chi connectivity index (χ4v) is 4.31. The molecule has 0 atom stereocenters. The number of hydrogen-bond donors (Lipinski definition) is 3. The Labute approximate surface area is 192 Å². The van der Waals surface area contributed by atoms with E-state index in [1.807, 2.05) is 6.07 Å². The minimum absolute atomic E-state index is 0.100. The molecular weight excluding hydrogens is 418 g/mol. The molecule has 3 aromatic rings. The van der Waals surface area contributed by atoms with E-state index in [0.717, 1.165) is 12.8 Å². The summed E-state index contributed by atoms with van der Waals surface area (Å²) in [6, 6.07) is 14.1. The highest BCUT2D eigenvalue weighted by atomic mass is 16.2. The van der Waals surface area contributed by atoms with Crippen molar-refractivity contribution in [2.75, 3.05) is 11.9 Å². The number of aromatic nitrogens is 2. The number of rotatable bonds is 8. The van der Waals surface area contributed by atoms with E-state index in [-0.39, 0.29) is 24.8 Å². The third-order valence-corrected chi connectivity index (χ3v) is 6.13. The number of nitrogens with two attached hydrogens (primary N) is 1. The van der Waals surface area contributed by atoms with E-state index in [2.05, 4.69) is 15.6 Å². The lowest BCUT2D eigenvalue weighted by atomic mass is 9.89. The molecule has 8 nitrogen and oxygen atoms in total. The summed E-state index contributed by atoms with van der Waals surface area (Å²) in [4.78, 5) is 41.3. The molecule has 4 N–H and O–H groups in total. The Bertz CT molecular complexity index is 1150. The number of primary amides is 1. The number of anilines is 1. The van der Waals surface area contributed by atoms with Crippen LogP contribution in [0, 0.1) is 5.92 Å². The van der Waals surface area contributed by atoms with Gasteiger partial charge in [0.05, 0.1) is 11.0 Å². The number of imidazole rings is 1. The number of nitrogens with zero attached hydrogens (tertiary/aromatic N) is 2. The summed E-state index contributed by atoms with van der Waals surface area (Å²) in [6.07, 6.45) is 6.16. The first-order valence-corrected chi connectivity index (χ1v) is 11.4. The highest BCUT2D eigenvalue weighted by Gasteiger charge is 2.18. The summed E-state index contributed by atoms with van der Waals surface area (Å²) in [5.74, 6) is -0.0456. The predicted molar refractivity (Wildman–Crippen MR) is 127 cm³/mol. The second-order valence-corrected chi connectivity index (χ2v) is 8.54. The van der Waals surface area contributed by atoms with Gasteiger partial charge in [0.15, 0.2) is 0 Å². The van der Waals surface area contributed by atoms with Gasteiger partial charge in [-0.2, -0.15) is 0 Å². The molecule has 1 saturated carbocycles. The van der Waals surface area contributed by atoms with E-state index in [9.17, 15) is 14.4 Å². The fraction of sp³-hybridized carbons (Fsp3) is 0.360. The molecule has 1 heterocycles. The van der Waals surface area contributed by atoms with Crippen LogP contribution in [0.15, 0.2) is 48.5 Å². The van der Waals surface area contributed by atoms with Gasteiger partial charge in [-0.25, -0.2) is 4.98 Å². The van der Waals surface area contributed by atoms with Crippen LogP contribution in [0.1, 0.15) is 59.2 Å². The quantitative estimate of drug-likeness (QED) is 0.490. The Balaban J connectivity index is 1.56. The van der Waals surface area contributed by atoms with Crippen LogP contribution in [0.5, 0.6) is 0 Å². The van der Waals surface area contributed by atoms with Crippen LogP contribution in [-0.4, -0.2) is 33.8 Å². The smallest absolute Gasteiger partial charge is 0.257 e. The highest BCUT2D eigenvalue weighted by Crippen LogP contribution is 2.24. The van der Waals surface area contributed by atoms with E-state index in [0.29, 0.717) is 40.6 Å². The molecule has 0 bridgehead atoms. The Hall–Kier alpha value is -3.68. The standard InChI is InChI=1S/C25H29N5O3/c26-22(31)13-14-30-21-12-11-19(23(32)27-16-17-7-3-1-4-8-17)15-20(21)28-25(30)29-24(33)18-9-5-2-6-10-18/h2,5-6,9-12,15,17H,1,3-4,7-8,13-14,16H2,(H2,26,31)(H,27,32)(H,28,29,33). The molecule has 8 heteroatoms. The van der Waals surface area contributed by atoms with Gasteiger partial charge in [0.25, 0.3) is 11.8 Å². The molecule has 0 saturated heterocycles. The van der Waals surface area contributed by atoms with Crippen molar-refractivity contribution in [1.82, 2.24) is 14.9 Å². The van der Waals surface area contributed by atoms with Crippen LogP contribution in [-0.2, 0) is 11.3 Å². The molecule has 1 fully saturated rings. The van der Waals surface area contributed by atoms with Crippen LogP contribution in [0.3, 0.4) is 0 Å². The van der Waals surface area contributed by atoms with Crippen LogP contribution in [0.2, 0.25) is 0 Å². The first-order chi connectivity index (χ1) is 16.0. The highest BCUT2D eigenvalue weighted by molar-refractivity contribution is 6.04. The van der Waals surface area contributed by atoms with E-state index >= 15 is 0 Å². The van der Waals surface area contributed by atoms with Gasteiger partial charge in [0.1, 0.15) is 0 Å². The Morgan fingerprint density at radius 3 is 2.45 bits per heavy atom. The van der Waals surface area contributed by atoms with Crippen molar-refractivity contribution in [2.24, 2.45) is 11.7 Å². The Morgan fingerprint density at radius 1 is 0.970 bits per heavy atom. The van der Waals surface area contributed by atoms with Gasteiger partial charge in [-0.05, 0) is 49.1 Å². The average Bonchev–Trinajstić information content (AvgIpc) is 3.18. The zero-order valence-electron chi connectivity index (χ0n) is 18.5. The molecule has 2 aromatic carbocycles. The van der Waals surface area contributed by atoms with E-state index < -0.39 is 5.91 Å². The largest absolute Gasteiger partial charge is 0.370 e. The molecule has 1 aliphatic rings. The number of aryl methyl sites for hydroxylation is 1. The molecule has 33 heavy (non-hydrogen) atoms. The molecule has 172 valence electrons. The summed E-state index contributed by atoms with van der Waals surface area (Å²) in [6.45, 7) is 0.950. The lowest BCUT2D eigenvalue weighted by Gasteiger charge is -2.21. The van der Waals surface area contributed by atoms with Gasteiger partial charge in [-0.3, -0.25) is 19.7 Å². The summed E-state index contributed by atoms with van der Waals surface area (Å²) in [7, 11) is 0. The number of amides is 3. The van der Waals surface area contributed by atoms with Crippen LogP contribution < -0.4 is 16.4 Å². The van der Waals surface area contributed by atoms with Gasteiger partial charge in [-0.1, -0.05) is 37.5 Å². The fourth-order valence-electron chi connectivity index (χ4n) is 4.31. The minimum atomic E-state index is -0.448. The van der Waals surface area contributed by atoms with E-state index in [1.165, 1.54) is 19.3 Å². The molecule has 0 aliphatic heterocycles. The van der Waals surface area contributed by atoms with Gasteiger partial charge < -0.3 is 15.6 Å². The van der Waals surface area contributed by atoms with E-state index in [4.69, 9.17) is 5.73 Å². The second kappa shape index (κ2) is 10.3. The topological polar surface area (TPSA) is 119 Å². The zero-order valence-corrected chi connectivity index (χ0v) is 18.5. The monoisotopic (exact) mass is 447 g/mol. The van der Waals surface area contributed by atoms with Gasteiger partial charge in [-0.15, -0.1) is 0 Å². The Morgan fingerprint density at radius 2 is 1.73 bits per heavy atom. The van der Waals surface area contributed by atoms with Gasteiger partial charge in [0, 0.05) is 30.6 Å². The number of nitrogens with one attached hydrogen (secondary N) is 2. The predicted octanol–water partition coefficient (Wildman–Crippen LogP) is 3.47. The lowest BCUT2D eigenvalue weighted by Crippen LogP contribution is -2.30. The van der Waals surface area contributed by atoms with Crippen molar-refractivity contribution in [3.8, 4) is 0 Å². The maximum absolute atomic E-state index is 12.7. The third kappa shape index (κ3) is 5.58. The summed E-state index contributed by atoms with van der Waals surface area (Å²) >= 11 is 0. The molecular formula is C25H29N5O3. The third-order valence-electron chi connectivity index (χ3n) is 6.13. The molecule has 1 aliphatic carbocycles. The maximum atomic E-state index is 12.7. The number of benzene rings is 2. The zero-order chi connectivity index (χ0) is 23.2. The first kappa shape index (κ1) is 22.5. The number of hydrogen-bond acceptors (Lipinski definition) is 4. The SMILES string of the molecule is NC(=O)CCn1c(NC(=O)c2ccccc2)nc2cc(C(=O)NCC3CCCCC3)ccc21. The summed E-state index contributed by atoms with van der Waals surface area (Å²) in [5.41, 5.74) is 7.62. The van der Waals surface area contributed by atoms with Crippen molar-refractivity contribution >= 4 is 34.7 Å². The molecule has 1 aromatic heterocycles. The van der Waals surface area contributed by atoms with Crippen molar-refractivity contribution in [1.29, 1.82) is 0 Å². The number of fused-ring (bicyclic) bond motifs is 1. The maximum Gasteiger partial charge on any atom is 0.257 e. The van der Waals surface area contributed by atoms with Crippen LogP contribution in [0.4, 0.5) is 5.95 Å². The van der Waals surface area contributed by atoms with Crippen molar-refractivity contribution in [3.63, 3.8) is 0 Å². The second-order valence-electron chi connectivity index (χ2n) is 8.54. The first-order valence-electron chi connectivity index (χ1n) is 11.4. The minimum Gasteiger partial charge on any atom is -0.370 e. The lowest BCUT2D eigenvalue weighted by molar-refractivity contribution is -0.118. The van der Waals surface area contributed by atoms with Gasteiger partial charge >= 0.3 is 0 Å². The van der Waals surface area contributed by atoms with Crippen LogP contribution >= 0.6 is 0 Å². The molecule has 0 unspecified atom stereocenters. The molecule has 0 radical (unpaired) electrons. The van der Waals surface area contributed by atoms with E-state index in [1.54, 1.807) is 47.0 Å². The van der Waals surface area contributed by atoms with Crippen molar-refractivity contribution in [2.45, 2.75) is 45.1 Å². The number of carbonyl (C=O) groups excluding carboxylic acids is 3. The number of carbonyl (C=O) groups is 3. The van der Waals surface area contributed by atoms with Gasteiger partial charge in [0.2, 0.25) is 11.9 Å². The van der Waals surface area contributed by atoms with Crippen molar-refractivity contribution in [3.05, 3.63) is 59.7 Å². The summed E-state index contributed by atoms with van der Waals surface area (Å²) < 4.78 is 1.74. The van der Waals surface area contributed by atoms with Crippen LogP contribution in [0.25, 0.3) is 11.0 Å². The normalized spacial score (nSPS) is 14.2. The molecule has 3 amide bonds. The Kier molecular flexibility index (Phi) is 7.02. The molecule has 4 rings (SSSR count). The molecule has 0 spiro atoms. The van der Waals surface area contributed by atoms with Crippen molar-refractivity contribution < 1.29 is 14.4 Å². The summed E-state index contributed by atoms with van der Waals surface area (Å²) in [5, 5.41) is 5.86.